The molecule has 1 N–H and O–H groups in total. The molecule has 1 saturated heterocycles. The number of nitrogens with zero attached hydrogens (tertiary/aromatic N) is 2. The zero-order chi connectivity index (χ0) is 19.4. The second kappa shape index (κ2) is 7.28. The molecule has 28 heavy (non-hydrogen) atoms. The minimum absolute atomic E-state index is 0.00903. The number of carbonyl (C=O) groups is 1. The molecule has 4 unspecified atom stereocenters. The zero-order valence-electron chi connectivity index (χ0n) is 16.7. The van der Waals surface area contributed by atoms with Gasteiger partial charge in [0, 0.05) is 30.8 Å². The summed E-state index contributed by atoms with van der Waals surface area (Å²) in [6.07, 6.45) is 14.0. The Kier molecular flexibility index (Phi) is 4.90. The third-order valence-corrected chi connectivity index (χ3v) is 10.1. The second-order valence-corrected chi connectivity index (χ2v) is 11.2. The first-order chi connectivity index (χ1) is 13.5. The lowest BCUT2D eigenvalue weighted by Gasteiger charge is -2.29. The molecule has 5 rings (SSSR count). The number of thioether (sulfide) groups is 2. The molecule has 2 aliphatic heterocycles. The predicted octanol–water partition coefficient (Wildman–Crippen LogP) is 4.24. The predicted molar refractivity (Wildman–Crippen MR) is 117 cm³/mol. The molecule has 3 fully saturated rings. The molecule has 0 spiro atoms. The molecule has 2 saturated carbocycles. The van der Waals surface area contributed by atoms with Crippen molar-refractivity contribution in [1.82, 2.24) is 4.90 Å². The fourth-order valence-corrected chi connectivity index (χ4v) is 8.46. The topological polar surface area (TPSA) is 43.5 Å². The number of fused-ring (bicyclic) bond motifs is 2. The van der Waals surface area contributed by atoms with Crippen LogP contribution >= 0.6 is 23.5 Å². The number of hydrogen-bond acceptors (Lipinski definition) is 5. The van der Waals surface area contributed by atoms with Crippen LogP contribution in [0.15, 0.2) is 34.1 Å². The van der Waals surface area contributed by atoms with E-state index >= 15 is 0 Å². The Morgan fingerprint density at radius 1 is 1.04 bits per heavy atom. The molecule has 4 nitrogen and oxygen atoms in total. The summed E-state index contributed by atoms with van der Waals surface area (Å²) >= 11 is 3.77. The van der Waals surface area contributed by atoms with E-state index in [1.165, 1.54) is 51.4 Å². The van der Waals surface area contributed by atoms with E-state index in [1.807, 2.05) is 35.7 Å². The van der Waals surface area contributed by atoms with Gasteiger partial charge in [-0.2, -0.15) is 0 Å². The highest BCUT2D eigenvalue weighted by molar-refractivity contribution is 8.14. The van der Waals surface area contributed by atoms with Crippen LogP contribution in [-0.4, -0.2) is 62.1 Å². The average molecular weight is 418 g/mol. The smallest absolute Gasteiger partial charge is 0.236 e. The number of carbonyl (C=O) groups excluding carboxylic acids is 1. The van der Waals surface area contributed by atoms with Crippen LogP contribution in [-0.2, 0) is 4.79 Å². The van der Waals surface area contributed by atoms with Crippen LogP contribution in [0.25, 0.3) is 0 Å². The molecule has 0 amide bonds. The molecular formula is C22H29N2O2S2+. The van der Waals surface area contributed by atoms with E-state index < -0.39 is 0 Å². The van der Waals surface area contributed by atoms with Crippen LogP contribution in [0, 0.1) is 0 Å². The first-order valence-corrected chi connectivity index (χ1v) is 12.4. The largest absolute Gasteiger partial charge is 0.506 e. The van der Waals surface area contributed by atoms with Crippen LogP contribution in [0.2, 0.25) is 0 Å². The lowest BCUT2D eigenvalue weighted by atomic mass is 9.87. The third-order valence-electron chi connectivity index (χ3n) is 7.10. The molecule has 0 aromatic carbocycles. The van der Waals surface area contributed by atoms with Crippen molar-refractivity contribution >= 4 is 34.4 Å². The van der Waals surface area contributed by atoms with Gasteiger partial charge >= 0.3 is 0 Å². The Bertz CT molecular complexity index is 841. The average Bonchev–Trinajstić information content (AvgIpc) is 3.21. The quantitative estimate of drug-likeness (QED) is 0.538. The van der Waals surface area contributed by atoms with Gasteiger partial charge in [-0.15, -0.1) is 11.8 Å². The van der Waals surface area contributed by atoms with E-state index in [0.29, 0.717) is 33.7 Å². The summed E-state index contributed by atoms with van der Waals surface area (Å²) in [4.78, 5) is 15.1. The van der Waals surface area contributed by atoms with Crippen LogP contribution in [0.1, 0.15) is 51.4 Å². The van der Waals surface area contributed by atoms with E-state index in [-0.39, 0.29) is 11.5 Å². The highest BCUT2D eigenvalue weighted by Crippen LogP contribution is 2.46. The Balaban J connectivity index is 1.38. The summed E-state index contributed by atoms with van der Waals surface area (Å²) in [6, 6.07) is 1.17. The lowest BCUT2D eigenvalue weighted by Crippen LogP contribution is -2.34. The van der Waals surface area contributed by atoms with Gasteiger partial charge in [0.05, 0.1) is 21.4 Å². The Morgan fingerprint density at radius 3 is 2.46 bits per heavy atom. The molecule has 6 heteroatoms. The highest BCUT2D eigenvalue weighted by Gasteiger charge is 2.43. The molecule has 2 heterocycles. The van der Waals surface area contributed by atoms with E-state index in [9.17, 15) is 9.90 Å². The van der Waals surface area contributed by atoms with Gasteiger partial charge in [-0.1, -0.05) is 19.3 Å². The second-order valence-electron chi connectivity index (χ2n) is 8.71. The maximum Gasteiger partial charge on any atom is 0.236 e. The van der Waals surface area contributed by atoms with Crippen molar-refractivity contribution in [2.45, 2.75) is 74.0 Å². The molecular weight excluding hydrogens is 388 g/mol. The molecule has 3 aliphatic carbocycles. The number of rotatable bonds is 2. The first kappa shape index (κ1) is 18.9. The number of Topliss-reactive ketones (excluding diaryl/α,β-unsaturated/α-hetero) is 1. The fraction of sp³-hybridized carbons (Fsp3) is 0.636. The van der Waals surface area contributed by atoms with Crippen LogP contribution in [0.4, 0.5) is 0 Å². The van der Waals surface area contributed by atoms with Crippen molar-refractivity contribution in [3.05, 3.63) is 34.1 Å². The van der Waals surface area contributed by atoms with E-state index in [1.54, 1.807) is 0 Å². The lowest BCUT2D eigenvalue weighted by molar-refractivity contribution is -0.533. The van der Waals surface area contributed by atoms with Gasteiger partial charge in [-0.05, 0) is 43.5 Å². The summed E-state index contributed by atoms with van der Waals surface area (Å²) in [5, 5.41) is 14.2. The molecule has 4 atom stereocenters. The molecule has 5 aliphatic rings. The number of ketones is 1. The summed E-state index contributed by atoms with van der Waals surface area (Å²) in [7, 11) is 4.27. The number of allylic oxidation sites excluding steroid dienone is 3. The van der Waals surface area contributed by atoms with Crippen molar-refractivity contribution in [1.29, 1.82) is 0 Å². The standard InChI is InChI=1S/C22H28N2O2S2/c1-23-15-7-3-5-9-17(15)27-19(23)11-13-21(25)14(22(13)26)12-20-24(2)16-8-4-6-10-18(16)28-20/h11-12,15-18H,3-10H2,1-2H3/p+1. The van der Waals surface area contributed by atoms with E-state index in [4.69, 9.17) is 0 Å². The number of aliphatic hydroxyl groups is 1. The van der Waals surface area contributed by atoms with Gasteiger partial charge in [0.15, 0.2) is 6.04 Å². The summed E-state index contributed by atoms with van der Waals surface area (Å²) < 4.78 is 2.32. The maximum absolute atomic E-state index is 12.8. The van der Waals surface area contributed by atoms with E-state index in [0.717, 1.165) is 10.1 Å². The molecule has 0 aromatic heterocycles. The molecule has 0 aromatic rings. The van der Waals surface area contributed by atoms with Crippen LogP contribution in [0.3, 0.4) is 0 Å². The summed E-state index contributed by atoms with van der Waals surface area (Å²) in [5.74, 6) is 0.169. The third kappa shape index (κ3) is 2.98. The summed E-state index contributed by atoms with van der Waals surface area (Å²) in [6.45, 7) is 0. The molecule has 0 radical (unpaired) electrons. The van der Waals surface area contributed by atoms with Crippen molar-refractivity contribution in [2.24, 2.45) is 0 Å². The Labute approximate surface area is 175 Å². The van der Waals surface area contributed by atoms with Gasteiger partial charge in [0.2, 0.25) is 10.8 Å². The normalized spacial score (nSPS) is 38.4. The monoisotopic (exact) mass is 417 g/mol. The maximum atomic E-state index is 12.8. The SMILES string of the molecule is CN1C(=CC2=C(O)C(=CC3=[N+](C)C4CCCCC4S3)C2=O)SC2CCCCC21. The number of aliphatic hydroxyl groups excluding tert-OH is 1. The Hall–Kier alpha value is -1.14. The highest BCUT2D eigenvalue weighted by atomic mass is 32.2. The van der Waals surface area contributed by atoms with Crippen molar-refractivity contribution in [3.8, 4) is 0 Å². The number of hydrogen-bond donors (Lipinski definition) is 1. The van der Waals surface area contributed by atoms with Crippen LogP contribution in [0.5, 0.6) is 0 Å². The zero-order valence-corrected chi connectivity index (χ0v) is 18.3. The molecule has 0 bridgehead atoms. The van der Waals surface area contributed by atoms with Gasteiger partial charge in [0.25, 0.3) is 0 Å². The van der Waals surface area contributed by atoms with Gasteiger partial charge < -0.3 is 10.0 Å². The first-order valence-electron chi connectivity index (χ1n) is 10.6. The van der Waals surface area contributed by atoms with Gasteiger partial charge in [0.1, 0.15) is 12.8 Å². The van der Waals surface area contributed by atoms with Gasteiger partial charge in [-0.25, -0.2) is 4.58 Å². The summed E-state index contributed by atoms with van der Waals surface area (Å²) in [5.41, 5.74) is 0.978. The minimum atomic E-state index is -0.00903. The van der Waals surface area contributed by atoms with Crippen LogP contribution < -0.4 is 0 Å². The van der Waals surface area contributed by atoms with Crippen molar-refractivity contribution in [3.63, 3.8) is 0 Å². The van der Waals surface area contributed by atoms with E-state index in [2.05, 4.69) is 23.6 Å². The van der Waals surface area contributed by atoms with Crippen molar-refractivity contribution < 1.29 is 14.5 Å². The fourth-order valence-electron chi connectivity index (χ4n) is 5.35. The Morgan fingerprint density at radius 2 is 1.75 bits per heavy atom. The van der Waals surface area contributed by atoms with Gasteiger partial charge in [-0.3, -0.25) is 4.79 Å². The van der Waals surface area contributed by atoms with Crippen molar-refractivity contribution in [2.75, 3.05) is 14.1 Å². The molecule has 150 valence electrons. The minimum Gasteiger partial charge on any atom is -0.506 e.